The SMILES string of the molecule is NC1CCC(Sc2ccc(F)cc2F)CC1. The van der Waals surface area contributed by atoms with E-state index in [0.29, 0.717) is 16.2 Å². The van der Waals surface area contributed by atoms with Crippen LogP contribution in [0.2, 0.25) is 0 Å². The van der Waals surface area contributed by atoms with Crippen LogP contribution in [0.1, 0.15) is 25.7 Å². The van der Waals surface area contributed by atoms with Crippen molar-refractivity contribution in [1.29, 1.82) is 0 Å². The maximum Gasteiger partial charge on any atom is 0.139 e. The number of halogens is 2. The molecule has 0 spiro atoms. The van der Waals surface area contributed by atoms with Crippen molar-refractivity contribution < 1.29 is 8.78 Å². The van der Waals surface area contributed by atoms with Crippen LogP contribution in [-0.4, -0.2) is 11.3 Å². The Labute approximate surface area is 98.4 Å². The van der Waals surface area contributed by atoms with E-state index in [2.05, 4.69) is 0 Å². The summed E-state index contributed by atoms with van der Waals surface area (Å²) < 4.78 is 26.1. The molecule has 2 N–H and O–H groups in total. The van der Waals surface area contributed by atoms with Crippen LogP contribution in [-0.2, 0) is 0 Å². The largest absolute Gasteiger partial charge is 0.328 e. The molecule has 1 aromatic rings. The Balaban J connectivity index is 1.98. The van der Waals surface area contributed by atoms with Crippen molar-refractivity contribution in [3.63, 3.8) is 0 Å². The smallest absolute Gasteiger partial charge is 0.139 e. The van der Waals surface area contributed by atoms with Crippen LogP contribution in [0.25, 0.3) is 0 Å². The lowest BCUT2D eigenvalue weighted by atomic mass is 9.96. The first-order chi connectivity index (χ1) is 7.65. The van der Waals surface area contributed by atoms with Gasteiger partial charge < -0.3 is 5.73 Å². The molecule has 2 rings (SSSR count). The standard InChI is InChI=1S/C12H15F2NS/c13-8-1-6-12(11(14)7-8)16-10-4-2-9(15)3-5-10/h1,6-7,9-10H,2-5,15H2. The zero-order chi connectivity index (χ0) is 11.5. The second kappa shape index (κ2) is 5.15. The van der Waals surface area contributed by atoms with Crippen molar-refractivity contribution >= 4 is 11.8 Å². The molecular formula is C12H15F2NS. The van der Waals surface area contributed by atoms with Crippen LogP contribution in [0.4, 0.5) is 8.78 Å². The molecule has 88 valence electrons. The number of hydrogen-bond acceptors (Lipinski definition) is 2. The molecule has 0 amide bonds. The summed E-state index contributed by atoms with van der Waals surface area (Å²) in [6, 6.07) is 4.07. The fourth-order valence-corrected chi connectivity index (χ4v) is 3.14. The number of nitrogens with two attached hydrogens (primary N) is 1. The molecule has 0 aliphatic heterocycles. The van der Waals surface area contributed by atoms with E-state index in [0.717, 1.165) is 31.7 Å². The monoisotopic (exact) mass is 243 g/mol. The van der Waals surface area contributed by atoms with E-state index in [9.17, 15) is 8.78 Å². The summed E-state index contributed by atoms with van der Waals surface area (Å²) in [7, 11) is 0. The van der Waals surface area contributed by atoms with Crippen LogP contribution in [0.5, 0.6) is 0 Å². The lowest BCUT2D eigenvalue weighted by Crippen LogP contribution is -2.27. The average molecular weight is 243 g/mol. The molecule has 0 radical (unpaired) electrons. The summed E-state index contributed by atoms with van der Waals surface area (Å²) in [5.41, 5.74) is 5.81. The molecule has 16 heavy (non-hydrogen) atoms. The van der Waals surface area contributed by atoms with Crippen molar-refractivity contribution in [2.75, 3.05) is 0 Å². The Hall–Kier alpha value is -0.610. The van der Waals surface area contributed by atoms with Crippen LogP contribution < -0.4 is 5.73 Å². The fraction of sp³-hybridized carbons (Fsp3) is 0.500. The Kier molecular flexibility index (Phi) is 3.82. The highest BCUT2D eigenvalue weighted by Crippen LogP contribution is 2.34. The van der Waals surface area contributed by atoms with Gasteiger partial charge in [-0.25, -0.2) is 8.78 Å². The number of thioether (sulfide) groups is 1. The predicted molar refractivity (Wildman–Crippen MR) is 62.4 cm³/mol. The van der Waals surface area contributed by atoms with Gasteiger partial charge in [0, 0.05) is 22.3 Å². The van der Waals surface area contributed by atoms with Gasteiger partial charge in [0.1, 0.15) is 11.6 Å². The molecule has 0 atom stereocenters. The third kappa shape index (κ3) is 2.95. The van der Waals surface area contributed by atoms with Gasteiger partial charge in [0.05, 0.1) is 0 Å². The summed E-state index contributed by atoms with van der Waals surface area (Å²) in [6.45, 7) is 0. The molecule has 0 bridgehead atoms. The molecule has 1 aliphatic carbocycles. The highest BCUT2D eigenvalue weighted by Gasteiger charge is 2.20. The molecule has 1 fully saturated rings. The lowest BCUT2D eigenvalue weighted by molar-refractivity contribution is 0.450. The van der Waals surface area contributed by atoms with Crippen molar-refractivity contribution in [2.24, 2.45) is 5.73 Å². The van der Waals surface area contributed by atoms with Crippen molar-refractivity contribution in [3.05, 3.63) is 29.8 Å². The minimum atomic E-state index is -0.521. The lowest BCUT2D eigenvalue weighted by Gasteiger charge is -2.25. The summed E-state index contributed by atoms with van der Waals surface area (Å²) in [4.78, 5) is 0.543. The van der Waals surface area contributed by atoms with Gasteiger partial charge in [0.25, 0.3) is 0 Å². The van der Waals surface area contributed by atoms with Gasteiger partial charge >= 0.3 is 0 Å². The quantitative estimate of drug-likeness (QED) is 0.862. The highest BCUT2D eigenvalue weighted by atomic mass is 32.2. The molecule has 1 aliphatic rings. The summed E-state index contributed by atoms with van der Waals surface area (Å²) in [6.07, 6.45) is 4.03. The molecule has 1 nitrogen and oxygen atoms in total. The van der Waals surface area contributed by atoms with Crippen LogP contribution >= 0.6 is 11.8 Å². The number of rotatable bonds is 2. The van der Waals surface area contributed by atoms with E-state index in [-0.39, 0.29) is 0 Å². The van der Waals surface area contributed by atoms with Crippen LogP contribution in [0, 0.1) is 11.6 Å². The molecule has 0 heterocycles. The number of hydrogen-bond donors (Lipinski definition) is 1. The van der Waals surface area contributed by atoms with E-state index in [1.807, 2.05) is 0 Å². The first kappa shape index (κ1) is 11.9. The second-order valence-electron chi connectivity index (χ2n) is 4.23. The zero-order valence-corrected chi connectivity index (χ0v) is 9.77. The van der Waals surface area contributed by atoms with Crippen LogP contribution in [0.15, 0.2) is 23.1 Å². The van der Waals surface area contributed by atoms with Crippen molar-refractivity contribution in [1.82, 2.24) is 0 Å². The maximum absolute atomic E-state index is 13.4. The first-order valence-electron chi connectivity index (χ1n) is 5.52. The molecule has 1 aromatic carbocycles. The minimum absolute atomic E-state index is 0.301. The van der Waals surface area contributed by atoms with E-state index in [1.54, 1.807) is 0 Å². The highest BCUT2D eigenvalue weighted by molar-refractivity contribution is 8.00. The van der Waals surface area contributed by atoms with Gasteiger partial charge in [-0.05, 0) is 37.8 Å². The molecule has 0 unspecified atom stereocenters. The molecular weight excluding hydrogens is 228 g/mol. The van der Waals surface area contributed by atoms with Gasteiger partial charge in [0.2, 0.25) is 0 Å². The van der Waals surface area contributed by atoms with Crippen LogP contribution in [0.3, 0.4) is 0 Å². The summed E-state index contributed by atoms with van der Waals surface area (Å²) in [5.74, 6) is -0.979. The van der Waals surface area contributed by atoms with Gasteiger partial charge in [-0.3, -0.25) is 0 Å². The van der Waals surface area contributed by atoms with Gasteiger partial charge in [-0.1, -0.05) is 0 Å². The van der Waals surface area contributed by atoms with E-state index in [1.165, 1.54) is 23.9 Å². The Bertz CT molecular complexity index is 362. The van der Waals surface area contributed by atoms with Gasteiger partial charge in [0.15, 0.2) is 0 Å². The Morgan fingerprint density at radius 1 is 1.12 bits per heavy atom. The molecule has 0 saturated heterocycles. The van der Waals surface area contributed by atoms with Gasteiger partial charge in [-0.15, -0.1) is 11.8 Å². The Morgan fingerprint density at radius 3 is 2.44 bits per heavy atom. The van der Waals surface area contributed by atoms with E-state index >= 15 is 0 Å². The molecule has 0 aromatic heterocycles. The van der Waals surface area contributed by atoms with Gasteiger partial charge in [-0.2, -0.15) is 0 Å². The predicted octanol–water partition coefficient (Wildman–Crippen LogP) is 3.33. The van der Waals surface area contributed by atoms with Crippen molar-refractivity contribution in [3.8, 4) is 0 Å². The molecule has 4 heteroatoms. The van der Waals surface area contributed by atoms with Crippen molar-refractivity contribution in [2.45, 2.75) is 41.9 Å². The fourth-order valence-electron chi connectivity index (χ4n) is 1.96. The maximum atomic E-state index is 13.4. The zero-order valence-electron chi connectivity index (χ0n) is 8.96. The Morgan fingerprint density at radius 2 is 1.81 bits per heavy atom. The number of benzene rings is 1. The second-order valence-corrected chi connectivity index (χ2v) is 5.57. The summed E-state index contributed by atoms with van der Waals surface area (Å²) in [5, 5.41) is 0.416. The third-order valence-electron chi connectivity index (χ3n) is 2.91. The third-order valence-corrected chi connectivity index (χ3v) is 4.30. The summed E-state index contributed by atoms with van der Waals surface area (Å²) >= 11 is 1.50. The average Bonchev–Trinajstić information content (AvgIpc) is 2.25. The normalized spacial score (nSPS) is 25.7. The first-order valence-corrected chi connectivity index (χ1v) is 6.40. The topological polar surface area (TPSA) is 26.0 Å². The van der Waals surface area contributed by atoms with E-state index in [4.69, 9.17) is 5.73 Å². The molecule has 1 saturated carbocycles. The minimum Gasteiger partial charge on any atom is -0.328 e. The van der Waals surface area contributed by atoms with E-state index < -0.39 is 11.6 Å².